The molecule has 138 valence electrons. The molecule has 2 heteroatoms. The number of hydrogen-bond acceptors (Lipinski definition) is 2. The molecule has 2 nitrogen and oxygen atoms in total. The smallest absolute Gasteiger partial charge is 0.110 e. The van der Waals surface area contributed by atoms with Crippen molar-refractivity contribution in [2.75, 3.05) is 0 Å². The second-order valence-electron chi connectivity index (χ2n) is 7.09. The molecule has 0 aromatic heterocycles. The van der Waals surface area contributed by atoms with Crippen molar-refractivity contribution in [2.24, 2.45) is 10.9 Å². The third kappa shape index (κ3) is 4.24. The first-order valence-corrected chi connectivity index (χ1v) is 9.57. The van der Waals surface area contributed by atoms with Crippen LogP contribution < -0.4 is 0 Å². The SMILES string of the molecule is C=C(C)c1ccc(C(=C)N2C(C)=NC=C/C2=C(/C)C(CC)CCC)cc1. The molecule has 2 rings (SSSR count). The molecule has 1 aromatic rings. The highest BCUT2D eigenvalue weighted by Crippen LogP contribution is 2.32. The molecule has 0 fully saturated rings. The van der Waals surface area contributed by atoms with Crippen molar-refractivity contribution in [2.45, 2.75) is 53.9 Å². The van der Waals surface area contributed by atoms with Crippen LogP contribution in [0.5, 0.6) is 0 Å². The van der Waals surface area contributed by atoms with Crippen LogP contribution >= 0.6 is 0 Å². The molecule has 26 heavy (non-hydrogen) atoms. The fourth-order valence-corrected chi connectivity index (χ4v) is 3.53. The van der Waals surface area contributed by atoms with Gasteiger partial charge in [-0.1, -0.05) is 63.3 Å². The van der Waals surface area contributed by atoms with Gasteiger partial charge in [0, 0.05) is 17.6 Å². The molecule has 0 amide bonds. The summed E-state index contributed by atoms with van der Waals surface area (Å²) in [5.74, 6) is 1.55. The van der Waals surface area contributed by atoms with Gasteiger partial charge in [0.2, 0.25) is 0 Å². The molecular weight excluding hydrogens is 316 g/mol. The molecule has 1 aromatic carbocycles. The van der Waals surface area contributed by atoms with Crippen molar-refractivity contribution in [3.63, 3.8) is 0 Å². The minimum absolute atomic E-state index is 0.589. The van der Waals surface area contributed by atoms with Crippen LogP contribution in [0.15, 0.2) is 66.0 Å². The summed E-state index contributed by atoms with van der Waals surface area (Å²) in [5, 5.41) is 0. The lowest BCUT2D eigenvalue weighted by Crippen LogP contribution is -2.29. The van der Waals surface area contributed by atoms with E-state index in [1.165, 1.54) is 24.1 Å². The highest BCUT2D eigenvalue weighted by Gasteiger charge is 2.22. The second-order valence-corrected chi connectivity index (χ2v) is 7.09. The zero-order chi connectivity index (χ0) is 19.3. The average molecular weight is 349 g/mol. The summed E-state index contributed by atoms with van der Waals surface area (Å²) in [4.78, 5) is 6.72. The molecule has 1 aliphatic rings. The Morgan fingerprint density at radius 3 is 2.23 bits per heavy atom. The maximum Gasteiger partial charge on any atom is 0.110 e. The van der Waals surface area contributed by atoms with E-state index in [1.807, 2.05) is 20.0 Å². The largest absolute Gasteiger partial charge is 0.299 e. The van der Waals surface area contributed by atoms with Gasteiger partial charge in [0.15, 0.2) is 0 Å². The first-order valence-electron chi connectivity index (χ1n) is 9.57. The molecule has 1 unspecified atom stereocenters. The standard InChI is InChI=1S/C24H32N2/c1-8-10-21(9-2)18(5)24-15-16-25-20(7)26(24)19(6)23-13-11-22(12-14-23)17(3)4/h11-16,21H,3,6,8-10H2,1-2,4-5,7H3/b24-18+. The highest BCUT2D eigenvalue weighted by atomic mass is 15.2. The maximum atomic E-state index is 4.52. The van der Waals surface area contributed by atoms with Crippen LogP contribution in [0.1, 0.15) is 65.0 Å². The molecule has 0 saturated heterocycles. The monoisotopic (exact) mass is 348 g/mol. The van der Waals surface area contributed by atoms with Crippen LogP contribution in [0.4, 0.5) is 0 Å². The van der Waals surface area contributed by atoms with Gasteiger partial charge in [0.05, 0.1) is 0 Å². The number of nitrogens with zero attached hydrogens (tertiary/aromatic N) is 2. The van der Waals surface area contributed by atoms with E-state index in [9.17, 15) is 0 Å². The van der Waals surface area contributed by atoms with Crippen LogP contribution in [0.25, 0.3) is 11.3 Å². The highest BCUT2D eigenvalue weighted by molar-refractivity contribution is 5.92. The van der Waals surface area contributed by atoms with Crippen molar-refractivity contribution >= 4 is 17.1 Å². The third-order valence-electron chi connectivity index (χ3n) is 5.19. The maximum absolute atomic E-state index is 4.52. The zero-order valence-corrected chi connectivity index (χ0v) is 17.0. The predicted octanol–water partition coefficient (Wildman–Crippen LogP) is 7.04. The Kier molecular flexibility index (Phi) is 6.79. The van der Waals surface area contributed by atoms with Crippen molar-refractivity contribution in [3.8, 4) is 0 Å². The Balaban J connectivity index is 2.42. The van der Waals surface area contributed by atoms with E-state index in [4.69, 9.17) is 0 Å². The van der Waals surface area contributed by atoms with Crippen LogP contribution in [-0.4, -0.2) is 10.7 Å². The van der Waals surface area contributed by atoms with E-state index >= 15 is 0 Å². The van der Waals surface area contributed by atoms with Crippen molar-refractivity contribution in [3.05, 3.63) is 72.1 Å². The lowest BCUT2D eigenvalue weighted by molar-refractivity contribution is 0.519. The van der Waals surface area contributed by atoms with Gasteiger partial charge in [-0.2, -0.15) is 0 Å². The molecule has 0 saturated carbocycles. The molecular formula is C24H32N2. The zero-order valence-electron chi connectivity index (χ0n) is 17.0. The Morgan fingerprint density at radius 2 is 1.69 bits per heavy atom. The lowest BCUT2D eigenvalue weighted by Gasteiger charge is -2.32. The van der Waals surface area contributed by atoms with Crippen molar-refractivity contribution in [1.29, 1.82) is 0 Å². The first kappa shape index (κ1) is 20.0. The van der Waals surface area contributed by atoms with Gasteiger partial charge in [0.25, 0.3) is 0 Å². The minimum Gasteiger partial charge on any atom is -0.299 e. The van der Waals surface area contributed by atoms with Gasteiger partial charge >= 0.3 is 0 Å². The molecule has 0 spiro atoms. The quantitative estimate of drug-likeness (QED) is 0.516. The van der Waals surface area contributed by atoms with Gasteiger partial charge in [-0.05, 0) is 62.3 Å². The summed E-state index contributed by atoms with van der Waals surface area (Å²) in [7, 11) is 0. The minimum atomic E-state index is 0.589. The predicted molar refractivity (Wildman–Crippen MR) is 116 cm³/mol. The molecule has 0 aliphatic carbocycles. The first-order chi connectivity index (χ1) is 12.4. The number of aliphatic imine (C=N–C) groups is 1. The van der Waals surface area contributed by atoms with Crippen LogP contribution in [0.2, 0.25) is 0 Å². The summed E-state index contributed by atoms with van der Waals surface area (Å²) < 4.78 is 0. The topological polar surface area (TPSA) is 15.6 Å². The fraction of sp³-hybridized carbons (Fsp3) is 0.375. The number of benzene rings is 1. The summed E-state index contributed by atoms with van der Waals surface area (Å²) in [6, 6.07) is 8.46. The summed E-state index contributed by atoms with van der Waals surface area (Å²) in [6.45, 7) is 19.3. The number of amidine groups is 1. The molecule has 0 radical (unpaired) electrons. The second kappa shape index (κ2) is 8.84. The molecule has 0 bridgehead atoms. The van der Waals surface area contributed by atoms with Crippen LogP contribution in [0, 0.1) is 5.92 Å². The molecule has 1 heterocycles. The van der Waals surface area contributed by atoms with Gasteiger partial charge < -0.3 is 0 Å². The Bertz CT molecular complexity index is 760. The number of allylic oxidation sites excluding steroid dienone is 3. The van der Waals surface area contributed by atoms with E-state index < -0.39 is 0 Å². The van der Waals surface area contributed by atoms with Gasteiger partial charge in [0.1, 0.15) is 5.84 Å². The molecule has 0 N–H and O–H groups in total. The Morgan fingerprint density at radius 1 is 1.08 bits per heavy atom. The molecule has 1 atom stereocenters. The summed E-state index contributed by atoms with van der Waals surface area (Å²) >= 11 is 0. The van der Waals surface area contributed by atoms with Crippen molar-refractivity contribution in [1.82, 2.24) is 4.90 Å². The van der Waals surface area contributed by atoms with Crippen LogP contribution in [0.3, 0.4) is 0 Å². The Labute approximate surface area is 159 Å². The summed E-state index contributed by atoms with van der Waals surface area (Å²) in [5.41, 5.74) is 6.93. The summed E-state index contributed by atoms with van der Waals surface area (Å²) in [6.07, 6.45) is 7.59. The van der Waals surface area contributed by atoms with E-state index in [0.717, 1.165) is 34.7 Å². The van der Waals surface area contributed by atoms with Crippen molar-refractivity contribution < 1.29 is 0 Å². The van der Waals surface area contributed by atoms with E-state index in [-0.39, 0.29) is 0 Å². The lowest BCUT2D eigenvalue weighted by atomic mass is 9.90. The average Bonchev–Trinajstić information content (AvgIpc) is 2.64. The van der Waals surface area contributed by atoms with E-state index in [1.54, 1.807) is 0 Å². The normalized spacial score (nSPS) is 17.0. The number of hydrogen-bond donors (Lipinski definition) is 0. The fourth-order valence-electron chi connectivity index (χ4n) is 3.53. The van der Waals surface area contributed by atoms with E-state index in [0.29, 0.717) is 5.92 Å². The van der Waals surface area contributed by atoms with Gasteiger partial charge in [-0.25, -0.2) is 4.99 Å². The van der Waals surface area contributed by atoms with Gasteiger partial charge in [-0.15, -0.1) is 0 Å². The van der Waals surface area contributed by atoms with Gasteiger partial charge in [-0.3, -0.25) is 4.90 Å². The third-order valence-corrected chi connectivity index (χ3v) is 5.19. The van der Waals surface area contributed by atoms with Crippen LogP contribution in [-0.2, 0) is 0 Å². The Hall–Kier alpha value is -2.35. The number of rotatable bonds is 7. The van der Waals surface area contributed by atoms with E-state index in [2.05, 4.69) is 74.2 Å². The molecule has 1 aliphatic heterocycles.